The molecule has 0 aromatic heterocycles. The summed E-state index contributed by atoms with van der Waals surface area (Å²) in [6, 6.07) is 1.69. The molecule has 0 aliphatic rings. The highest BCUT2D eigenvalue weighted by molar-refractivity contribution is 7.54. The van der Waals surface area contributed by atoms with Gasteiger partial charge in [0.1, 0.15) is 0 Å². The Balaban J connectivity index is 4.90. The first-order chi connectivity index (χ1) is 4.93. The Kier molecular flexibility index (Phi) is 3.25. The maximum absolute atomic E-state index is 10.8. The van der Waals surface area contributed by atoms with E-state index in [0.717, 1.165) is 0 Å². The Morgan fingerprint density at radius 1 is 1.45 bits per heavy atom. The molecule has 2 N–H and O–H groups in total. The van der Waals surface area contributed by atoms with Gasteiger partial charge in [-0.25, -0.2) is 0 Å². The van der Waals surface area contributed by atoms with Crippen LogP contribution in [0, 0.1) is 11.3 Å². The van der Waals surface area contributed by atoms with Crippen LogP contribution in [0.2, 0.25) is 0 Å². The van der Waals surface area contributed by atoms with Gasteiger partial charge in [0.05, 0.1) is 6.07 Å². The molecule has 0 unspecified atom stereocenters. The predicted molar refractivity (Wildman–Crippen MR) is 41.0 cm³/mol. The summed E-state index contributed by atoms with van der Waals surface area (Å²) in [5.41, 5.74) is 0. The van der Waals surface area contributed by atoms with E-state index < -0.39 is 12.8 Å². The molecule has 0 atom stereocenters. The van der Waals surface area contributed by atoms with E-state index >= 15 is 0 Å². The zero-order valence-electron chi connectivity index (χ0n) is 6.61. The normalized spacial score (nSPS) is 12.6. The molecule has 0 fully saturated rings. The summed E-state index contributed by atoms with van der Waals surface area (Å²) in [5.74, 6) is 0. The van der Waals surface area contributed by atoms with Crippen LogP contribution in [0.1, 0.15) is 26.7 Å². The van der Waals surface area contributed by atoms with E-state index in [4.69, 9.17) is 15.0 Å². The summed E-state index contributed by atoms with van der Waals surface area (Å²) in [7, 11) is -4.27. The fourth-order valence-corrected chi connectivity index (χ4v) is 1.84. The maximum Gasteiger partial charge on any atom is 0.345 e. The largest absolute Gasteiger partial charge is 0.345 e. The van der Waals surface area contributed by atoms with Crippen molar-refractivity contribution in [1.29, 1.82) is 5.26 Å². The zero-order chi connectivity index (χ0) is 9.12. The van der Waals surface area contributed by atoms with Gasteiger partial charge in [0.2, 0.25) is 0 Å². The van der Waals surface area contributed by atoms with Crippen molar-refractivity contribution in [2.45, 2.75) is 31.8 Å². The van der Waals surface area contributed by atoms with Crippen molar-refractivity contribution < 1.29 is 14.4 Å². The van der Waals surface area contributed by atoms with Gasteiger partial charge in [-0.05, 0) is 12.8 Å². The molecule has 0 rings (SSSR count). The maximum atomic E-state index is 10.8. The zero-order valence-corrected chi connectivity index (χ0v) is 7.51. The van der Waals surface area contributed by atoms with Crippen molar-refractivity contribution in [1.82, 2.24) is 0 Å². The first-order valence-corrected chi connectivity index (χ1v) is 5.01. The Morgan fingerprint density at radius 2 is 1.82 bits per heavy atom. The number of hydrogen-bond acceptors (Lipinski definition) is 2. The highest BCUT2D eigenvalue weighted by Crippen LogP contribution is 2.53. The van der Waals surface area contributed by atoms with E-state index in [1.165, 1.54) is 0 Å². The monoisotopic (exact) mass is 177 g/mol. The molecule has 0 saturated heterocycles. The molecule has 0 spiro atoms. The van der Waals surface area contributed by atoms with Crippen molar-refractivity contribution in [2.75, 3.05) is 0 Å². The van der Waals surface area contributed by atoms with Crippen LogP contribution in [0.25, 0.3) is 0 Å². The molecule has 0 aliphatic heterocycles. The summed E-state index contributed by atoms with van der Waals surface area (Å²) in [5, 5.41) is 7.10. The summed E-state index contributed by atoms with van der Waals surface area (Å²) >= 11 is 0. The number of nitriles is 1. The second-order valence-corrected chi connectivity index (χ2v) is 4.34. The third-order valence-corrected chi connectivity index (χ3v) is 3.78. The summed E-state index contributed by atoms with van der Waals surface area (Å²) in [6.45, 7) is 3.21. The molecular weight excluding hydrogens is 165 g/mol. The van der Waals surface area contributed by atoms with Crippen molar-refractivity contribution in [2.24, 2.45) is 0 Å². The smallest absolute Gasteiger partial charge is 0.323 e. The highest BCUT2D eigenvalue weighted by Gasteiger charge is 2.44. The van der Waals surface area contributed by atoms with Crippen molar-refractivity contribution in [3.63, 3.8) is 0 Å². The SMILES string of the molecule is CCC(C#N)(CC)P(=O)(O)O. The molecule has 0 saturated carbocycles. The average Bonchev–Trinajstić information content (AvgIpc) is 1.90. The molecule has 0 aromatic rings. The lowest BCUT2D eigenvalue weighted by molar-refractivity contribution is 0.336. The van der Waals surface area contributed by atoms with Crippen LogP contribution in [0.5, 0.6) is 0 Å². The van der Waals surface area contributed by atoms with E-state index in [9.17, 15) is 4.57 Å². The minimum atomic E-state index is -4.27. The van der Waals surface area contributed by atoms with Gasteiger partial charge in [-0.15, -0.1) is 0 Å². The molecule has 4 nitrogen and oxygen atoms in total. The molecule has 0 aliphatic carbocycles. The fraction of sp³-hybridized carbons (Fsp3) is 0.833. The van der Waals surface area contributed by atoms with E-state index in [-0.39, 0.29) is 12.8 Å². The third-order valence-electron chi connectivity index (χ3n) is 1.94. The van der Waals surface area contributed by atoms with Crippen LogP contribution >= 0.6 is 7.60 Å². The Morgan fingerprint density at radius 3 is 1.82 bits per heavy atom. The van der Waals surface area contributed by atoms with Crippen molar-refractivity contribution in [3.8, 4) is 6.07 Å². The van der Waals surface area contributed by atoms with Crippen LogP contribution in [-0.2, 0) is 4.57 Å². The van der Waals surface area contributed by atoms with Crippen LogP contribution in [-0.4, -0.2) is 14.9 Å². The topological polar surface area (TPSA) is 81.3 Å². The number of rotatable bonds is 3. The Hall–Kier alpha value is -0.360. The van der Waals surface area contributed by atoms with Gasteiger partial charge < -0.3 is 9.79 Å². The average molecular weight is 177 g/mol. The molecule has 0 bridgehead atoms. The number of hydrogen-bond donors (Lipinski definition) is 2. The van der Waals surface area contributed by atoms with Crippen LogP contribution in [0.4, 0.5) is 0 Å². The van der Waals surface area contributed by atoms with Gasteiger partial charge in [0.15, 0.2) is 5.16 Å². The lowest BCUT2D eigenvalue weighted by atomic mass is 10.1. The lowest BCUT2D eigenvalue weighted by Crippen LogP contribution is -2.24. The van der Waals surface area contributed by atoms with Crippen LogP contribution in [0.15, 0.2) is 0 Å². The van der Waals surface area contributed by atoms with Crippen molar-refractivity contribution in [3.05, 3.63) is 0 Å². The van der Waals surface area contributed by atoms with Gasteiger partial charge in [-0.2, -0.15) is 5.26 Å². The van der Waals surface area contributed by atoms with Crippen LogP contribution < -0.4 is 0 Å². The predicted octanol–water partition coefficient (Wildman–Crippen LogP) is 1.25. The Bertz CT molecular complexity index is 210. The van der Waals surface area contributed by atoms with Crippen molar-refractivity contribution >= 4 is 7.60 Å². The summed E-state index contributed by atoms with van der Waals surface area (Å²) < 4.78 is 10.8. The van der Waals surface area contributed by atoms with E-state index in [1.807, 2.05) is 0 Å². The molecule has 5 heteroatoms. The first kappa shape index (κ1) is 10.6. The Labute approximate surface area is 66.0 Å². The molecule has 11 heavy (non-hydrogen) atoms. The quantitative estimate of drug-likeness (QED) is 0.635. The minimum Gasteiger partial charge on any atom is -0.323 e. The van der Waals surface area contributed by atoms with E-state index in [1.54, 1.807) is 19.9 Å². The van der Waals surface area contributed by atoms with Gasteiger partial charge in [0.25, 0.3) is 0 Å². The summed E-state index contributed by atoms with van der Waals surface area (Å²) in [6.07, 6.45) is 0.370. The van der Waals surface area contributed by atoms with Gasteiger partial charge in [0, 0.05) is 0 Å². The summed E-state index contributed by atoms with van der Waals surface area (Å²) in [4.78, 5) is 17.6. The van der Waals surface area contributed by atoms with Crippen LogP contribution in [0.3, 0.4) is 0 Å². The molecule has 0 aromatic carbocycles. The third kappa shape index (κ3) is 1.81. The molecule has 0 heterocycles. The lowest BCUT2D eigenvalue weighted by Gasteiger charge is -2.23. The molecular formula is C6H12NO3P. The van der Waals surface area contributed by atoms with E-state index in [0.29, 0.717) is 0 Å². The van der Waals surface area contributed by atoms with Gasteiger partial charge >= 0.3 is 7.60 Å². The highest BCUT2D eigenvalue weighted by atomic mass is 31.2. The second kappa shape index (κ2) is 3.36. The number of nitrogens with zero attached hydrogens (tertiary/aromatic N) is 1. The van der Waals surface area contributed by atoms with Gasteiger partial charge in [-0.1, -0.05) is 13.8 Å². The van der Waals surface area contributed by atoms with E-state index in [2.05, 4.69) is 0 Å². The first-order valence-electron chi connectivity index (χ1n) is 3.40. The standard InChI is InChI=1S/C6H12NO3P/c1-3-6(4-2,5-7)11(8,9)10/h3-4H2,1-2H3,(H2,8,9,10). The fourth-order valence-electron chi connectivity index (χ4n) is 0.885. The van der Waals surface area contributed by atoms with Gasteiger partial charge in [-0.3, -0.25) is 4.57 Å². The molecule has 0 radical (unpaired) electrons. The second-order valence-electron chi connectivity index (χ2n) is 2.39. The molecule has 64 valence electrons. The molecule has 0 amide bonds. The minimum absolute atomic E-state index is 0.185.